The summed E-state index contributed by atoms with van der Waals surface area (Å²) in [6.45, 7) is 4.42. The number of carboxylic acid groups (broad SMARTS) is 1. The Morgan fingerprint density at radius 3 is 2.36 bits per heavy atom. The van der Waals surface area contributed by atoms with Crippen molar-refractivity contribution in [2.45, 2.75) is 66.6 Å². The molecule has 47 heavy (non-hydrogen) atoms. The Balaban J connectivity index is 1.31. The van der Waals surface area contributed by atoms with Crippen molar-refractivity contribution < 1.29 is 54.6 Å². The van der Waals surface area contributed by atoms with Crippen molar-refractivity contribution in [3.63, 3.8) is 0 Å². The normalized spacial score (nSPS) is 35.7. The number of hydrogen-bond donors (Lipinski definition) is 8. The van der Waals surface area contributed by atoms with Gasteiger partial charge in [0.25, 0.3) is 5.91 Å². The summed E-state index contributed by atoms with van der Waals surface area (Å²) in [5, 5.41) is 71.2. The molecule has 252 valence electrons. The summed E-state index contributed by atoms with van der Waals surface area (Å²) in [4.78, 5) is 68.7. The first-order chi connectivity index (χ1) is 21.8. The lowest BCUT2D eigenvalue weighted by Crippen LogP contribution is -2.70. The van der Waals surface area contributed by atoms with E-state index in [1.54, 1.807) is 13.8 Å². The van der Waals surface area contributed by atoms with E-state index in [0.717, 1.165) is 0 Å². The zero-order chi connectivity index (χ0) is 34.7. The minimum Gasteiger partial charge on any atom is -0.508 e. The van der Waals surface area contributed by atoms with Gasteiger partial charge in [-0.05, 0) is 52.9 Å². The summed E-state index contributed by atoms with van der Waals surface area (Å²) < 4.78 is -0.772. The number of Topliss-reactive ketones (excluding diaryl/α,β-unsaturated/α-hetero) is 2. The van der Waals surface area contributed by atoms with Gasteiger partial charge in [0.1, 0.15) is 40.3 Å². The molecule has 3 aliphatic carbocycles. The molecule has 16 heteroatoms. The predicted octanol–water partition coefficient (Wildman–Crippen LogP) is -0.677. The number of aliphatic hydroxyl groups is 4. The van der Waals surface area contributed by atoms with Crippen molar-refractivity contribution in [3.8, 4) is 5.75 Å². The molecule has 8 N–H and O–H groups in total. The molecule has 8 atom stereocenters. The highest BCUT2D eigenvalue weighted by Crippen LogP contribution is 2.57. The zero-order valence-electron chi connectivity index (χ0n) is 26.1. The van der Waals surface area contributed by atoms with Crippen LogP contribution in [-0.4, -0.2) is 124 Å². The van der Waals surface area contributed by atoms with Crippen LogP contribution < -0.4 is 10.6 Å². The molecule has 0 bridgehead atoms. The number of fused-ring (bicyclic) bond motifs is 4. The number of aliphatic hydroxyl groups excluding tert-OH is 2. The number of β-lactam (4-membered cyclic amide) rings is 1. The van der Waals surface area contributed by atoms with Gasteiger partial charge in [-0.3, -0.25) is 29.4 Å². The molecule has 1 aromatic carbocycles. The smallest absolute Gasteiger partial charge is 0.327 e. The summed E-state index contributed by atoms with van der Waals surface area (Å²) in [5.41, 5.74) is -6.17. The van der Waals surface area contributed by atoms with Crippen LogP contribution in [0.1, 0.15) is 38.3 Å². The Kier molecular flexibility index (Phi) is 7.38. The lowest BCUT2D eigenvalue weighted by atomic mass is 9.54. The van der Waals surface area contributed by atoms with Crippen LogP contribution in [0.3, 0.4) is 0 Å². The second kappa shape index (κ2) is 10.5. The second-order valence-corrected chi connectivity index (χ2v) is 15.3. The fourth-order valence-electron chi connectivity index (χ4n) is 8.01. The summed E-state index contributed by atoms with van der Waals surface area (Å²) in [7, 11) is 2.97. The van der Waals surface area contributed by atoms with Crippen molar-refractivity contribution in [2.75, 3.05) is 20.8 Å². The zero-order valence-corrected chi connectivity index (χ0v) is 27.0. The summed E-state index contributed by atoms with van der Waals surface area (Å²) in [6, 6.07) is 0.968. The molecule has 2 saturated heterocycles. The lowest BCUT2D eigenvalue weighted by Gasteiger charge is -2.53. The van der Waals surface area contributed by atoms with Crippen molar-refractivity contribution in [2.24, 2.45) is 11.8 Å². The number of carbonyl (C=O) groups is 5. The number of aliphatic carboxylic acids is 1. The minimum absolute atomic E-state index is 0.129. The van der Waals surface area contributed by atoms with Crippen molar-refractivity contribution in [3.05, 3.63) is 46.2 Å². The maximum absolute atomic E-state index is 14.2. The summed E-state index contributed by atoms with van der Waals surface area (Å²) in [5.74, 6) is -9.79. The molecular formula is C31H36N4O11S. The van der Waals surface area contributed by atoms with E-state index in [1.165, 1.54) is 60.8 Å². The Morgan fingerprint density at radius 1 is 1.09 bits per heavy atom. The SMILES string of the molecule is CN(C)[C@H]1C(=O)C(C(=O)NCN[C@@H]2C(=O)N3[C@H]2SC(C)(C)[C@H]3C(=O)O)=C(O)[C@@]2(O)C(=O)C3=C(O)c4c(O)cccc4[C@@](C)(O)[C@@H]3C[C@@H]12. The molecule has 2 aliphatic heterocycles. The number of likely N-dealkylation sites (N-methyl/N-ethyl adjacent to an activating group) is 1. The van der Waals surface area contributed by atoms with Crippen LogP contribution in [0.2, 0.25) is 0 Å². The van der Waals surface area contributed by atoms with Gasteiger partial charge in [-0.25, -0.2) is 4.79 Å². The highest BCUT2D eigenvalue weighted by Gasteiger charge is 2.67. The van der Waals surface area contributed by atoms with E-state index in [1.807, 2.05) is 0 Å². The third-order valence-electron chi connectivity index (χ3n) is 10.2. The number of amides is 2. The van der Waals surface area contributed by atoms with Gasteiger partial charge in [-0.2, -0.15) is 0 Å². The van der Waals surface area contributed by atoms with Crippen molar-refractivity contribution in [1.82, 2.24) is 20.4 Å². The number of carbonyl (C=O) groups excluding carboxylic acids is 4. The standard InChI is InChI=1S/C31H36N4O11S/c1-29(2)22(28(43)44)35-26(42)18(27(35)47-29)32-10-33-25(41)17-21(38)19(34(4)5)13-9-12-16(23(39)31(13,46)24(17)40)20(37)15-11(30(12,3)45)7-6-8-14(15)36/h6-8,12-13,18-19,22,27,32,36-37,40,45-46H,9-10H2,1-5H3,(H,33,41)(H,43,44)/t12-,13+,18-,19-,22-,27+,30-,31+/m1/s1. The van der Waals surface area contributed by atoms with Gasteiger partial charge in [0.15, 0.2) is 11.4 Å². The molecule has 6 rings (SSSR count). The molecule has 3 fully saturated rings. The fourth-order valence-corrected chi connectivity index (χ4v) is 9.67. The highest BCUT2D eigenvalue weighted by atomic mass is 32.2. The average Bonchev–Trinajstić information content (AvgIpc) is 3.23. The average molecular weight is 673 g/mol. The van der Waals surface area contributed by atoms with Crippen LogP contribution in [0.25, 0.3) is 5.76 Å². The molecular weight excluding hydrogens is 636 g/mol. The summed E-state index contributed by atoms with van der Waals surface area (Å²) >= 11 is 1.29. The Bertz CT molecular complexity index is 1720. The summed E-state index contributed by atoms with van der Waals surface area (Å²) in [6.07, 6.45) is -0.272. The largest absolute Gasteiger partial charge is 0.508 e. The number of benzene rings is 1. The Labute approximate surface area is 272 Å². The number of nitrogens with one attached hydrogen (secondary N) is 2. The molecule has 0 unspecified atom stereocenters. The first-order valence-electron chi connectivity index (χ1n) is 14.9. The molecule has 0 radical (unpaired) electrons. The van der Waals surface area contributed by atoms with E-state index in [0.29, 0.717) is 0 Å². The van der Waals surface area contributed by atoms with Crippen LogP contribution >= 0.6 is 11.8 Å². The van der Waals surface area contributed by atoms with Gasteiger partial charge < -0.3 is 40.9 Å². The number of phenolic OH excluding ortho intramolecular Hbond substituents is 1. The van der Waals surface area contributed by atoms with E-state index in [4.69, 9.17) is 0 Å². The number of phenols is 1. The van der Waals surface area contributed by atoms with Crippen molar-refractivity contribution >= 4 is 46.9 Å². The van der Waals surface area contributed by atoms with E-state index in [9.17, 15) is 54.6 Å². The molecule has 0 aromatic heterocycles. The number of carboxylic acids is 1. The number of rotatable bonds is 6. The molecule has 1 saturated carbocycles. The fraction of sp³-hybridized carbons (Fsp3) is 0.516. The molecule has 0 spiro atoms. The third-order valence-corrected chi connectivity index (χ3v) is 11.8. The first kappa shape index (κ1) is 33.0. The van der Waals surface area contributed by atoms with Gasteiger partial charge in [0.05, 0.1) is 23.9 Å². The highest BCUT2D eigenvalue weighted by molar-refractivity contribution is 8.01. The topological polar surface area (TPSA) is 237 Å². The number of nitrogens with zero attached hydrogens (tertiary/aromatic N) is 2. The molecule has 2 heterocycles. The molecule has 15 nitrogen and oxygen atoms in total. The van der Waals surface area contributed by atoms with Crippen LogP contribution in [0.15, 0.2) is 35.1 Å². The van der Waals surface area contributed by atoms with Crippen LogP contribution in [0.5, 0.6) is 5.75 Å². The van der Waals surface area contributed by atoms with Crippen molar-refractivity contribution in [1.29, 1.82) is 0 Å². The second-order valence-electron chi connectivity index (χ2n) is 13.6. The lowest BCUT2D eigenvalue weighted by molar-refractivity contribution is -0.160. The predicted molar refractivity (Wildman–Crippen MR) is 165 cm³/mol. The van der Waals surface area contributed by atoms with E-state index in [2.05, 4.69) is 10.6 Å². The minimum atomic E-state index is -2.87. The molecule has 5 aliphatic rings. The number of thioether (sulfide) groups is 1. The van der Waals surface area contributed by atoms with Gasteiger partial charge in [0, 0.05) is 22.2 Å². The van der Waals surface area contributed by atoms with Crippen LogP contribution in [-0.2, 0) is 29.6 Å². The van der Waals surface area contributed by atoms with Crippen LogP contribution in [0.4, 0.5) is 0 Å². The number of aromatic hydroxyl groups is 1. The Morgan fingerprint density at radius 2 is 1.74 bits per heavy atom. The maximum Gasteiger partial charge on any atom is 0.327 e. The van der Waals surface area contributed by atoms with E-state index < -0.39 is 116 Å². The maximum atomic E-state index is 14.2. The quantitative estimate of drug-likeness (QED) is 0.106. The number of hydrogen-bond acceptors (Lipinski definition) is 13. The molecule has 2 amide bonds. The van der Waals surface area contributed by atoms with Crippen LogP contribution in [0, 0.1) is 11.8 Å². The van der Waals surface area contributed by atoms with E-state index >= 15 is 0 Å². The first-order valence-corrected chi connectivity index (χ1v) is 15.8. The number of ketones is 2. The van der Waals surface area contributed by atoms with Gasteiger partial charge >= 0.3 is 5.97 Å². The van der Waals surface area contributed by atoms with E-state index in [-0.39, 0.29) is 17.5 Å². The van der Waals surface area contributed by atoms with Gasteiger partial charge in [-0.15, -0.1) is 11.8 Å². The van der Waals surface area contributed by atoms with Gasteiger partial charge in [0.2, 0.25) is 11.7 Å². The van der Waals surface area contributed by atoms with Gasteiger partial charge in [-0.1, -0.05) is 12.1 Å². The molecule has 1 aromatic rings. The third kappa shape index (κ3) is 4.31. The monoisotopic (exact) mass is 672 g/mol. The Hall–Kier alpha value is -3.96.